The standard InChI is InChI=1S/C14H14IN3O3/c1-3-21-14(20)12-8-18(17-13(12)16-9(2)19)11-6-4-10(15)5-7-11/h4-8H,3H2,1-2H3,(H,16,17,19). The fourth-order valence-electron chi connectivity index (χ4n) is 1.72. The lowest BCUT2D eigenvalue weighted by Gasteiger charge is -2.01. The monoisotopic (exact) mass is 399 g/mol. The van der Waals surface area contributed by atoms with E-state index in [4.69, 9.17) is 4.74 Å². The summed E-state index contributed by atoms with van der Waals surface area (Å²) in [6.07, 6.45) is 1.55. The first kappa shape index (κ1) is 15.5. The van der Waals surface area contributed by atoms with Crippen LogP contribution in [0.1, 0.15) is 24.2 Å². The minimum Gasteiger partial charge on any atom is -0.462 e. The number of halogens is 1. The molecule has 0 aliphatic heterocycles. The van der Waals surface area contributed by atoms with Crippen LogP contribution in [0, 0.1) is 3.57 Å². The second-order valence-corrected chi connectivity index (χ2v) is 5.46. The lowest BCUT2D eigenvalue weighted by Crippen LogP contribution is -2.12. The number of aromatic nitrogens is 2. The Hall–Kier alpha value is -1.90. The number of hydrogen-bond donors (Lipinski definition) is 1. The van der Waals surface area contributed by atoms with Crippen molar-refractivity contribution in [3.8, 4) is 5.69 Å². The average Bonchev–Trinajstić information content (AvgIpc) is 2.83. The van der Waals surface area contributed by atoms with Crippen LogP contribution in [0.5, 0.6) is 0 Å². The van der Waals surface area contributed by atoms with Crippen molar-refractivity contribution in [2.24, 2.45) is 0 Å². The zero-order chi connectivity index (χ0) is 15.4. The highest BCUT2D eigenvalue weighted by molar-refractivity contribution is 14.1. The van der Waals surface area contributed by atoms with E-state index in [1.807, 2.05) is 24.3 Å². The molecule has 1 N–H and O–H groups in total. The Morgan fingerprint density at radius 3 is 2.57 bits per heavy atom. The van der Waals surface area contributed by atoms with Gasteiger partial charge in [0.2, 0.25) is 5.91 Å². The quantitative estimate of drug-likeness (QED) is 0.634. The topological polar surface area (TPSA) is 73.2 Å². The van der Waals surface area contributed by atoms with Crippen molar-refractivity contribution in [3.05, 3.63) is 39.6 Å². The first-order chi connectivity index (χ1) is 10.0. The van der Waals surface area contributed by atoms with E-state index < -0.39 is 5.97 Å². The van der Waals surface area contributed by atoms with E-state index in [9.17, 15) is 9.59 Å². The van der Waals surface area contributed by atoms with Gasteiger partial charge in [-0.1, -0.05) is 0 Å². The molecule has 0 aliphatic carbocycles. The summed E-state index contributed by atoms with van der Waals surface area (Å²) in [5.74, 6) is -0.620. The zero-order valence-electron chi connectivity index (χ0n) is 11.6. The molecule has 7 heteroatoms. The molecule has 6 nitrogen and oxygen atoms in total. The summed E-state index contributed by atoms with van der Waals surface area (Å²) >= 11 is 2.20. The molecule has 21 heavy (non-hydrogen) atoms. The smallest absolute Gasteiger partial charge is 0.343 e. The molecule has 110 valence electrons. The summed E-state index contributed by atoms with van der Waals surface area (Å²) in [5, 5.41) is 6.78. The van der Waals surface area contributed by atoms with Crippen LogP contribution in [-0.2, 0) is 9.53 Å². The van der Waals surface area contributed by atoms with Crippen LogP contribution >= 0.6 is 22.6 Å². The molecule has 1 heterocycles. The van der Waals surface area contributed by atoms with Gasteiger partial charge in [-0.25, -0.2) is 9.48 Å². The number of benzene rings is 1. The fourth-order valence-corrected chi connectivity index (χ4v) is 2.08. The lowest BCUT2D eigenvalue weighted by atomic mass is 10.3. The molecule has 0 spiro atoms. The van der Waals surface area contributed by atoms with E-state index in [1.165, 1.54) is 11.6 Å². The number of esters is 1. The van der Waals surface area contributed by atoms with Gasteiger partial charge < -0.3 is 10.1 Å². The summed E-state index contributed by atoms with van der Waals surface area (Å²) in [5.41, 5.74) is 1.02. The second kappa shape index (κ2) is 6.70. The first-order valence-electron chi connectivity index (χ1n) is 6.31. The van der Waals surface area contributed by atoms with Crippen LogP contribution in [0.4, 0.5) is 5.82 Å². The molecule has 0 bridgehead atoms. The van der Waals surface area contributed by atoms with Crippen LogP contribution in [0.25, 0.3) is 5.69 Å². The van der Waals surface area contributed by atoms with Crippen molar-refractivity contribution >= 4 is 40.3 Å². The maximum absolute atomic E-state index is 11.9. The van der Waals surface area contributed by atoms with Crippen LogP contribution < -0.4 is 5.32 Å². The van der Waals surface area contributed by atoms with E-state index in [2.05, 4.69) is 33.0 Å². The van der Waals surface area contributed by atoms with Gasteiger partial charge in [0.1, 0.15) is 5.56 Å². The van der Waals surface area contributed by atoms with Gasteiger partial charge in [0, 0.05) is 16.7 Å². The third-order valence-corrected chi connectivity index (χ3v) is 3.31. The van der Waals surface area contributed by atoms with E-state index in [-0.39, 0.29) is 23.9 Å². The van der Waals surface area contributed by atoms with Gasteiger partial charge in [-0.3, -0.25) is 4.79 Å². The molecule has 0 radical (unpaired) electrons. The summed E-state index contributed by atoms with van der Waals surface area (Å²) in [4.78, 5) is 23.1. The van der Waals surface area contributed by atoms with Gasteiger partial charge in [0.15, 0.2) is 5.82 Å². The van der Waals surface area contributed by atoms with Crippen LogP contribution in [0.3, 0.4) is 0 Å². The molecule has 0 atom stereocenters. The third-order valence-electron chi connectivity index (χ3n) is 2.60. The lowest BCUT2D eigenvalue weighted by molar-refractivity contribution is -0.114. The maximum Gasteiger partial charge on any atom is 0.343 e. The van der Waals surface area contributed by atoms with Crippen molar-refractivity contribution < 1.29 is 14.3 Å². The van der Waals surface area contributed by atoms with E-state index in [0.717, 1.165) is 9.26 Å². The molecular formula is C14H14IN3O3. The third kappa shape index (κ3) is 3.81. The number of carbonyl (C=O) groups excluding carboxylic acids is 2. The van der Waals surface area contributed by atoms with Crippen LogP contribution in [-0.4, -0.2) is 28.3 Å². The minimum absolute atomic E-state index is 0.194. The number of ether oxygens (including phenoxy) is 1. The van der Waals surface area contributed by atoms with E-state index in [1.54, 1.807) is 13.1 Å². The number of hydrogen-bond acceptors (Lipinski definition) is 4. The minimum atomic E-state index is -0.516. The molecule has 0 saturated carbocycles. The van der Waals surface area contributed by atoms with Crippen molar-refractivity contribution in [3.63, 3.8) is 0 Å². The SMILES string of the molecule is CCOC(=O)c1cn(-c2ccc(I)cc2)nc1NC(C)=O. The Balaban J connectivity index is 2.41. The van der Waals surface area contributed by atoms with Crippen LogP contribution in [0.2, 0.25) is 0 Å². The van der Waals surface area contributed by atoms with Gasteiger partial charge in [0.25, 0.3) is 0 Å². The highest BCUT2D eigenvalue weighted by Gasteiger charge is 2.19. The highest BCUT2D eigenvalue weighted by atomic mass is 127. The molecule has 1 aromatic heterocycles. The Bertz CT molecular complexity index is 665. The number of amides is 1. The van der Waals surface area contributed by atoms with Gasteiger partial charge in [-0.2, -0.15) is 0 Å². The molecule has 0 aliphatic rings. The summed E-state index contributed by atoms with van der Waals surface area (Å²) in [7, 11) is 0. The first-order valence-corrected chi connectivity index (χ1v) is 7.39. The largest absolute Gasteiger partial charge is 0.462 e. The zero-order valence-corrected chi connectivity index (χ0v) is 13.7. The molecule has 0 saturated heterocycles. The van der Waals surface area contributed by atoms with Crippen molar-refractivity contribution in [1.29, 1.82) is 0 Å². The molecule has 1 amide bonds. The summed E-state index contributed by atoms with van der Waals surface area (Å²) in [6, 6.07) is 7.61. The predicted molar refractivity (Wildman–Crippen MR) is 86.5 cm³/mol. The molecule has 0 unspecified atom stereocenters. The Kier molecular flexibility index (Phi) is 4.94. The highest BCUT2D eigenvalue weighted by Crippen LogP contribution is 2.19. The molecule has 1 aromatic carbocycles. The van der Waals surface area contributed by atoms with Crippen molar-refractivity contribution in [2.75, 3.05) is 11.9 Å². The summed E-state index contributed by atoms with van der Waals surface area (Å²) < 4.78 is 7.60. The van der Waals surface area contributed by atoms with Gasteiger partial charge >= 0.3 is 5.97 Å². The fraction of sp³-hybridized carbons (Fsp3) is 0.214. The van der Waals surface area contributed by atoms with Crippen molar-refractivity contribution in [2.45, 2.75) is 13.8 Å². The van der Waals surface area contributed by atoms with E-state index in [0.29, 0.717) is 0 Å². The van der Waals surface area contributed by atoms with Crippen LogP contribution in [0.15, 0.2) is 30.5 Å². The molecular weight excluding hydrogens is 385 g/mol. The van der Waals surface area contributed by atoms with Gasteiger partial charge in [0.05, 0.1) is 12.3 Å². The molecule has 2 rings (SSSR count). The Morgan fingerprint density at radius 2 is 2.00 bits per heavy atom. The molecule has 0 fully saturated rings. The summed E-state index contributed by atoms with van der Waals surface area (Å²) in [6.45, 7) is 3.34. The van der Waals surface area contributed by atoms with E-state index >= 15 is 0 Å². The predicted octanol–water partition coefficient (Wildman–Crippen LogP) is 2.61. The Labute approximate surface area is 135 Å². The van der Waals surface area contributed by atoms with Gasteiger partial charge in [-0.15, -0.1) is 5.10 Å². The van der Waals surface area contributed by atoms with Gasteiger partial charge in [-0.05, 0) is 53.8 Å². The average molecular weight is 399 g/mol. The Morgan fingerprint density at radius 1 is 1.33 bits per heavy atom. The number of nitrogens with zero attached hydrogens (tertiary/aromatic N) is 2. The number of nitrogens with one attached hydrogen (secondary N) is 1. The maximum atomic E-state index is 11.9. The molecule has 2 aromatic rings. The van der Waals surface area contributed by atoms with Crippen molar-refractivity contribution in [1.82, 2.24) is 9.78 Å². The normalized spacial score (nSPS) is 10.2. The number of carbonyl (C=O) groups is 2. The number of rotatable bonds is 4. The number of anilines is 1. The second-order valence-electron chi connectivity index (χ2n) is 4.21.